The Labute approximate surface area is 87.7 Å². The molecule has 0 bridgehead atoms. The van der Waals surface area contributed by atoms with Crippen LogP contribution in [0.25, 0.3) is 0 Å². The molecule has 14 heavy (non-hydrogen) atoms. The minimum absolute atomic E-state index is 0.156. The Morgan fingerprint density at radius 1 is 0.929 bits per heavy atom. The first kappa shape index (κ1) is 13.9. The molecule has 0 aromatic carbocycles. The average molecular weight is 222 g/mol. The fourth-order valence-electron chi connectivity index (χ4n) is 1.06. The smallest absolute Gasteiger partial charge is 0.226 e. The lowest BCUT2D eigenvalue weighted by Crippen LogP contribution is -2.51. The number of nitrogens with zero attached hydrogens (tertiary/aromatic N) is 1. The predicted octanol–water partition coefficient (Wildman–Crippen LogP) is 1.35. The van der Waals surface area contributed by atoms with Crippen molar-refractivity contribution in [1.82, 2.24) is 9.84 Å². The summed E-state index contributed by atoms with van der Waals surface area (Å²) in [6.07, 6.45) is 0. The van der Waals surface area contributed by atoms with E-state index in [-0.39, 0.29) is 12.1 Å². The number of hydrogen-bond acceptors (Lipinski definition) is 3. The molecule has 5 heteroatoms. The van der Waals surface area contributed by atoms with Gasteiger partial charge in [-0.3, -0.25) is 0 Å². The zero-order valence-corrected chi connectivity index (χ0v) is 10.7. The van der Waals surface area contributed by atoms with Crippen LogP contribution >= 0.6 is 0 Å². The number of hydrazine groups is 1. The Morgan fingerprint density at radius 3 is 1.50 bits per heavy atom. The standard InChI is InChI=1S/C9H22N2O2S/c1-7(2)11(8(3)4)10-14(12,13)9(5)6/h7-10H,1-6H3. The second kappa shape index (κ2) is 5.09. The molecule has 0 heterocycles. The van der Waals surface area contributed by atoms with Crippen molar-refractivity contribution in [2.75, 3.05) is 0 Å². The molecule has 0 unspecified atom stereocenters. The second-order valence-electron chi connectivity index (χ2n) is 4.28. The van der Waals surface area contributed by atoms with Gasteiger partial charge >= 0.3 is 0 Å². The molecule has 0 aromatic rings. The quantitative estimate of drug-likeness (QED) is 0.714. The molecule has 0 fully saturated rings. The SMILES string of the molecule is CC(C)N(NS(=O)(=O)C(C)C)C(C)C. The highest BCUT2D eigenvalue weighted by atomic mass is 32.2. The molecule has 0 spiro atoms. The van der Waals surface area contributed by atoms with Crippen LogP contribution in [0.4, 0.5) is 0 Å². The summed E-state index contributed by atoms with van der Waals surface area (Å²) < 4.78 is 23.2. The summed E-state index contributed by atoms with van der Waals surface area (Å²) in [6.45, 7) is 11.2. The maximum absolute atomic E-state index is 11.6. The van der Waals surface area contributed by atoms with Crippen molar-refractivity contribution in [3.63, 3.8) is 0 Å². The van der Waals surface area contributed by atoms with Gasteiger partial charge in [0.2, 0.25) is 10.0 Å². The summed E-state index contributed by atoms with van der Waals surface area (Å²) in [5.41, 5.74) is 0. The fraction of sp³-hybridized carbons (Fsp3) is 1.00. The van der Waals surface area contributed by atoms with Gasteiger partial charge in [0.25, 0.3) is 0 Å². The van der Waals surface area contributed by atoms with Crippen molar-refractivity contribution in [3.8, 4) is 0 Å². The summed E-state index contributed by atoms with van der Waals surface area (Å²) in [7, 11) is -3.21. The van der Waals surface area contributed by atoms with Gasteiger partial charge < -0.3 is 0 Å². The molecular weight excluding hydrogens is 200 g/mol. The molecule has 0 saturated heterocycles. The van der Waals surface area contributed by atoms with Crippen molar-refractivity contribution >= 4 is 10.0 Å². The first-order chi connectivity index (χ1) is 6.18. The van der Waals surface area contributed by atoms with Crippen LogP contribution in [0.3, 0.4) is 0 Å². The van der Waals surface area contributed by atoms with Crippen molar-refractivity contribution < 1.29 is 8.42 Å². The van der Waals surface area contributed by atoms with Crippen LogP contribution in [0.5, 0.6) is 0 Å². The first-order valence-corrected chi connectivity index (χ1v) is 6.52. The molecular formula is C9H22N2O2S. The Kier molecular flexibility index (Phi) is 5.05. The van der Waals surface area contributed by atoms with E-state index in [2.05, 4.69) is 4.83 Å². The average Bonchev–Trinajstić information content (AvgIpc) is 1.98. The lowest BCUT2D eigenvalue weighted by Gasteiger charge is -2.31. The van der Waals surface area contributed by atoms with Crippen LogP contribution in [0, 0.1) is 0 Å². The van der Waals surface area contributed by atoms with Gasteiger partial charge in [-0.15, -0.1) is 4.83 Å². The highest BCUT2D eigenvalue weighted by Crippen LogP contribution is 2.05. The van der Waals surface area contributed by atoms with Crippen LogP contribution in [-0.2, 0) is 10.0 Å². The third kappa shape index (κ3) is 3.94. The Bertz CT molecular complexity index is 250. The number of sulfonamides is 1. The Hall–Kier alpha value is -0.130. The molecule has 0 atom stereocenters. The van der Waals surface area contributed by atoms with Crippen molar-refractivity contribution in [2.45, 2.75) is 58.9 Å². The van der Waals surface area contributed by atoms with E-state index in [9.17, 15) is 8.42 Å². The van der Waals surface area contributed by atoms with Gasteiger partial charge in [0.1, 0.15) is 0 Å². The summed E-state index contributed by atoms with van der Waals surface area (Å²) in [5, 5.41) is 1.34. The maximum atomic E-state index is 11.6. The molecule has 0 amide bonds. The largest absolute Gasteiger partial charge is 0.226 e. The zero-order chi connectivity index (χ0) is 11.5. The topological polar surface area (TPSA) is 49.4 Å². The summed E-state index contributed by atoms with van der Waals surface area (Å²) in [4.78, 5) is 2.60. The van der Waals surface area contributed by atoms with Crippen molar-refractivity contribution in [1.29, 1.82) is 0 Å². The lowest BCUT2D eigenvalue weighted by molar-refractivity contribution is 0.145. The number of nitrogens with one attached hydrogen (secondary N) is 1. The molecule has 0 aliphatic rings. The predicted molar refractivity (Wildman–Crippen MR) is 59.3 cm³/mol. The molecule has 86 valence electrons. The van der Waals surface area contributed by atoms with E-state index in [0.29, 0.717) is 0 Å². The van der Waals surface area contributed by atoms with Gasteiger partial charge in [-0.05, 0) is 41.5 Å². The minimum Gasteiger partial charge on any atom is -0.226 e. The third-order valence-corrected chi connectivity index (χ3v) is 3.67. The molecule has 0 aromatic heterocycles. The third-order valence-electron chi connectivity index (χ3n) is 1.97. The highest BCUT2D eigenvalue weighted by Gasteiger charge is 2.22. The Morgan fingerprint density at radius 2 is 1.29 bits per heavy atom. The van der Waals surface area contributed by atoms with Crippen LogP contribution in [0.1, 0.15) is 41.5 Å². The van der Waals surface area contributed by atoms with E-state index in [1.165, 1.54) is 0 Å². The molecule has 1 N–H and O–H groups in total. The second-order valence-corrected chi connectivity index (χ2v) is 6.50. The van der Waals surface area contributed by atoms with E-state index in [0.717, 1.165) is 0 Å². The minimum atomic E-state index is -3.21. The molecule has 0 aliphatic carbocycles. The van der Waals surface area contributed by atoms with Crippen molar-refractivity contribution in [3.05, 3.63) is 0 Å². The molecule has 0 rings (SSSR count). The van der Waals surface area contributed by atoms with Gasteiger partial charge in [-0.1, -0.05) is 0 Å². The molecule has 0 radical (unpaired) electrons. The van der Waals surface area contributed by atoms with Gasteiger partial charge in [0.05, 0.1) is 5.25 Å². The van der Waals surface area contributed by atoms with E-state index < -0.39 is 15.3 Å². The summed E-state index contributed by atoms with van der Waals surface area (Å²) in [5.74, 6) is 0. The zero-order valence-electron chi connectivity index (χ0n) is 9.90. The Balaban J connectivity index is 4.62. The van der Waals surface area contributed by atoms with E-state index in [1.807, 2.05) is 27.7 Å². The molecule has 0 aliphatic heterocycles. The summed E-state index contributed by atoms with van der Waals surface area (Å²) in [6, 6.07) is 0.312. The van der Waals surface area contributed by atoms with E-state index in [4.69, 9.17) is 0 Å². The van der Waals surface area contributed by atoms with Crippen LogP contribution < -0.4 is 4.83 Å². The summed E-state index contributed by atoms with van der Waals surface area (Å²) >= 11 is 0. The van der Waals surface area contributed by atoms with Crippen LogP contribution in [-0.4, -0.2) is 30.8 Å². The van der Waals surface area contributed by atoms with E-state index in [1.54, 1.807) is 18.9 Å². The van der Waals surface area contributed by atoms with Gasteiger partial charge in [0.15, 0.2) is 0 Å². The first-order valence-electron chi connectivity index (χ1n) is 4.98. The lowest BCUT2D eigenvalue weighted by atomic mass is 10.3. The normalized spacial score (nSPS) is 13.6. The number of rotatable bonds is 5. The fourth-order valence-corrected chi connectivity index (χ4v) is 1.99. The molecule has 0 saturated carbocycles. The van der Waals surface area contributed by atoms with Crippen molar-refractivity contribution in [2.24, 2.45) is 0 Å². The van der Waals surface area contributed by atoms with Gasteiger partial charge in [-0.2, -0.15) is 0 Å². The monoisotopic (exact) mass is 222 g/mol. The number of hydrogen-bond donors (Lipinski definition) is 1. The van der Waals surface area contributed by atoms with Gasteiger partial charge in [-0.25, -0.2) is 13.4 Å². The maximum Gasteiger partial charge on any atom is 0.226 e. The van der Waals surface area contributed by atoms with E-state index >= 15 is 0 Å². The van der Waals surface area contributed by atoms with Gasteiger partial charge in [0, 0.05) is 12.1 Å². The molecule has 4 nitrogen and oxygen atoms in total. The van der Waals surface area contributed by atoms with Crippen LogP contribution in [0.15, 0.2) is 0 Å². The highest BCUT2D eigenvalue weighted by molar-refractivity contribution is 7.90. The van der Waals surface area contributed by atoms with Crippen LogP contribution in [0.2, 0.25) is 0 Å².